The summed E-state index contributed by atoms with van der Waals surface area (Å²) in [5, 5.41) is 3.27. The Morgan fingerprint density at radius 1 is 0.957 bits per heavy atom. The Kier molecular flexibility index (Phi) is 6.18. The molecule has 0 radical (unpaired) electrons. The highest BCUT2D eigenvalue weighted by Crippen LogP contribution is 2.13. The highest BCUT2D eigenvalue weighted by molar-refractivity contribution is 5.99. The predicted molar refractivity (Wildman–Crippen MR) is 91.5 cm³/mol. The van der Waals surface area contributed by atoms with Crippen LogP contribution in [-0.2, 0) is 6.42 Å². The van der Waals surface area contributed by atoms with Crippen molar-refractivity contribution in [2.24, 2.45) is 0 Å². The fourth-order valence-corrected chi connectivity index (χ4v) is 2.32. The normalized spacial score (nSPS) is 11.8. The molecular weight excluding hydrogens is 290 g/mol. The van der Waals surface area contributed by atoms with Gasteiger partial charge in [0, 0.05) is 5.56 Å². The summed E-state index contributed by atoms with van der Waals surface area (Å²) in [5.41, 5.74) is 1.90. The zero-order valence-electron chi connectivity index (χ0n) is 13.8. The van der Waals surface area contributed by atoms with Crippen molar-refractivity contribution < 1.29 is 14.3 Å². The molecule has 1 atom stereocenters. The zero-order chi connectivity index (χ0) is 16.7. The summed E-state index contributed by atoms with van der Waals surface area (Å²) >= 11 is 0. The molecule has 2 rings (SSSR count). The highest BCUT2D eigenvalue weighted by Gasteiger charge is 2.14. The summed E-state index contributed by atoms with van der Waals surface area (Å²) in [4.78, 5) is 12.4. The van der Waals surface area contributed by atoms with Gasteiger partial charge < -0.3 is 14.8 Å². The minimum atomic E-state index is -0.221. The quantitative estimate of drug-likeness (QED) is 0.761. The van der Waals surface area contributed by atoms with E-state index in [1.807, 2.05) is 31.2 Å². The van der Waals surface area contributed by atoms with Gasteiger partial charge in [-0.25, -0.2) is 0 Å². The van der Waals surface area contributed by atoms with E-state index >= 15 is 0 Å². The van der Waals surface area contributed by atoms with Crippen LogP contribution in [0.3, 0.4) is 0 Å². The lowest BCUT2D eigenvalue weighted by Gasteiger charge is -2.13. The Morgan fingerprint density at radius 3 is 2.00 bits per heavy atom. The van der Waals surface area contributed by atoms with E-state index in [1.54, 1.807) is 38.5 Å². The first kappa shape index (κ1) is 17.0. The topological polar surface area (TPSA) is 47.6 Å². The number of hydrogen-bond acceptors (Lipinski definition) is 4. The maximum atomic E-state index is 12.4. The molecule has 0 amide bonds. The molecule has 0 aliphatic rings. The molecule has 0 aromatic heterocycles. The average Bonchev–Trinajstić information content (AvgIpc) is 2.61. The fraction of sp³-hybridized carbons (Fsp3) is 0.316. The van der Waals surface area contributed by atoms with Crippen LogP contribution in [0.15, 0.2) is 48.5 Å². The minimum absolute atomic E-state index is 0.0855. The molecule has 0 unspecified atom stereocenters. The van der Waals surface area contributed by atoms with E-state index in [-0.39, 0.29) is 11.8 Å². The number of nitrogens with one attached hydrogen (secondary N) is 1. The van der Waals surface area contributed by atoms with Gasteiger partial charge >= 0.3 is 0 Å². The lowest BCUT2D eigenvalue weighted by molar-refractivity contribution is 0.0951. The molecule has 4 heteroatoms. The number of Topliss-reactive ketones (excluding diaryl/α,β-unsaturated/α-hetero) is 1. The molecule has 1 N–H and O–H groups in total. The largest absolute Gasteiger partial charge is 0.497 e. The van der Waals surface area contributed by atoms with Crippen LogP contribution in [-0.4, -0.2) is 32.6 Å². The second kappa shape index (κ2) is 8.34. The van der Waals surface area contributed by atoms with Gasteiger partial charge in [0.05, 0.1) is 20.3 Å². The van der Waals surface area contributed by atoms with Crippen LogP contribution in [0, 0.1) is 0 Å². The number of ketones is 1. The van der Waals surface area contributed by atoms with Gasteiger partial charge in [0.15, 0.2) is 5.78 Å². The van der Waals surface area contributed by atoms with Crippen LogP contribution in [0.1, 0.15) is 22.8 Å². The van der Waals surface area contributed by atoms with Gasteiger partial charge in [-0.05, 0) is 61.9 Å². The van der Waals surface area contributed by atoms with Crippen molar-refractivity contribution in [3.63, 3.8) is 0 Å². The summed E-state index contributed by atoms with van der Waals surface area (Å²) in [6, 6.07) is 14.9. The molecule has 4 nitrogen and oxygen atoms in total. The fourth-order valence-electron chi connectivity index (χ4n) is 2.32. The SMILES string of the molecule is COc1ccc(CCN[C@@H](C)C(=O)c2ccc(OC)cc2)cc1. The van der Waals surface area contributed by atoms with Crippen molar-refractivity contribution in [2.45, 2.75) is 19.4 Å². The van der Waals surface area contributed by atoms with Crippen molar-refractivity contribution >= 4 is 5.78 Å². The third-order valence-electron chi connectivity index (χ3n) is 3.79. The predicted octanol–water partition coefficient (Wildman–Crippen LogP) is 3.11. The first-order chi connectivity index (χ1) is 11.1. The van der Waals surface area contributed by atoms with Crippen molar-refractivity contribution in [3.8, 4) is 11.5 Å². The molecule has 122 valence electrons. The number of methoxy groups -OCH3 is 2. The van der Waals surface area contributed by atoms with Crippen LogP contribution in [0.5, 0.6) is 11.5 Å². The monoisotopic (exact) mass is 313 g/mol. The first-order valence-corrected chi connectivity index (χ1v) is 7.68. The van der Waals surface area contributed by atoms with Crippen LogP contribution in [0.4, 0.5) is 0 Å². The van der Waals surface area contributed by atoms with Gasteiger partial charge in [-0.3, -0.25) is 4.79 Å². The Bertz CT molecular complexity index is 620. The van der Waals surface area contributed by atoms with E-state index in [9.17, 15) is 4.79 Å². The molecule has 2 aromatic carbocycles. The second-order valence-electron chi connectivity index (χ2n) is 5.37. The molecule has 0 saturated carbocycles. The second-order valence-corrected chi connectivity index (χ2v) is 5.37. The van der Waals surface area contributed by atoms with Crippen LogP contribution in [0.25, 0.3) is 0 Å². The van der Waals surface area contributed by atoms with Crippen molar-refractivity contribution in [1.82, 2.24) is 5.32 Å². The molecule has 0 saturated heterocycles. The average molecular weight is 313 g/mol. The van der Waals surface area contributed by atoms with Gasteiger partial charge in [0.2, 0.25) is 0 Å². The molecule has 0 fully saturated rings. The van der Waals surface area contributed by atoms with Crippen LogP contribution in [0.2, 0.25) is 0 Å². The first-order valence-electron chi connectivity index (χ1n) is 7.68. The summed E-state index contributed by atoms with van der Waals surface area (Å²) in [7, 11) is 3.27. The lowest BCUT2D eigenvalue weighted by Crippen LogP contribution is -2.35. The number of benzene rings is 2. The molecule has 0 heterocycles. The van der Waals surface area contributed by atoms with Gasteiger partial charge in [0.1, 0.15) is 11.5 Å². The summed E-state index contributed by atoms with van der Waals surface area (Å²) in [6.45, 7) is 2.63. The van der Waals surface area contributed by atoms with E-state index in [1.165, 1.54) is 5.56 Å². The molecule has 2 aromatic rings. The standard InChI is InChI=1S/C19H23NO3/c1-14(19(21)16-6-10-18(23-3)11-7-16)20-13-12-15-4-8-17(22-2)9-5-15/h4-11,14,20H,12-13H2,1-3H3/t14-/m0/s1. The van der Waals surface area contributed by atoms with Crippen LogP contribution >= 0.6 is 0 Å². The van der Waals surface area contributed by atoms with E-state index in [2.05, 4.69) is 5.32 Å². The molecular formula is C19H23NO3. The van der Waals surface area contributed by atoms with E-state index in [4.69, 9.17) is 9.47 Å². The van der Waals surface area contributed by atoms with Gasteiger partial charge in [-0.2, -0.15) is 0 Å². The molecule has 0 aliphatic heterocycles. The van der Waals surface area contributed by atoms with Crippen molar-refractivity contribution in [3.05, 3.63) is 59.7 Å². The molecule has 0 spiro atoms. The number of rotatable bonds is 8. The summed E-state index contributed by atoms with van der Waals surface area (Å²) in [6.07, 6.45) is 0.865. The Labute approximate surface area is 137 Å². The van der Waals surface area contributed by atoms with Crippen molar-refractivity contribution in [2.75, 3.05) is 20.8 Å². The maximum absolute atomic E-state index is 12.4. The van der Waals surface area contributed by atoms with Gasteiger partial charge in [-0.15, -0.1) is 0 Å². The Hall–Kier alpha value is -2.33. The number of hydrogen-bond donors (Lipinski definition) is 1. The number of carbonyl (C=O) groups excluding carboxylic acids is 1. The van der Waals surface area contributed by atoms with E-state index in [0.29, 0.717) is 5.56 Å². The lowest BCUT2D eigenvalue weighted by atomic mass is 10.0. The van der Waals surface area contributed by atoms with E-state index in [0.717, 1.165) is 24.5 Å². The van der Waals surface area contributed by atoms with Gasteiger partial charge in [0.25, 0.3) is 0 Å². The minimum Gasteiger partial charge on any atom is -0.497 e. The summed E-state index contributed by atoms with van der Waals surface area (Å²) < 4.78 is 10.2. The highest BCUT2D eigenvalue weighted by atomic mass is 16.5. The Balaban J connectivity index is 1.83. The molecule has 23 heavy (non-hydrogen) atoms. The van der Waals surface area contributed by atoms with Crippen molar-refractivity contribution in [1.29, 1.82) is 0 Å². The third kappa shape index (κ3) is 4.83. The molecule has 0 bridgehead atoms. The zero-order valence-corrected chi connectivity index (χ0v) is 13.8. The third-order valence-corrected chi connectivity index (χ3v) is 3.79. The number of ether oxygens (including phenoxy) is 2. The number of carbonyl (C=O) groups is 1. The van der Waals surface area contributed by atoms with E-state index < -0.39 is 0 Å². The maximum Gasteiger partial charge on any atom is 0.179 e. The smallest absolute Gasteiger partial charge is 0.179 e. The van der Waals surface area contributed by atoms with Gasteiger partial charge in [-0.1, -0.05) is 12.1 Å². The Morgan fingerprint density at radius 2 is 1.48 bits per heavy atom. The van der Waals surface area contributed by atoms with Crippen LogP contribution < -0.4 is 14.8 Å². The summed E-state index contributed by atoms with van der Waals surface area (Å²) in [5.74, 6) is 1.69. The molecule has 0 aliphatic carbocycles.